The van der Waals surface area contributed by atoms with Crippen LogP contribution in [0.2, 0.25) is 0 Å². The molecule has 1 saturated carbocycles. The van der Waals surface area contributed by atoms with Crippen molar-refractivity contribution in [3.05, 3.63) is 119 Å². The number of carbonyl (C=O) groups excluding carboxylic acids is 1. The SMILES string of the molecule is CCOC(=O)C1(c2ccc(-c3ccc(-c4onc(C)c4Cc4cccc(-c5ccccc5C)n4)cc3)cc2)CC1. The second kappa shape index (κ2) is 10.6. The summed E-state index contributed by atoms with van der Waals surface area (Å²) in [6.45, 7) is 6.35. The average Bonchev–Trinajstić information content (AvgIpc) is 3.72. The van der Waals surface area contributed by atoms with Gasteiger partial charge in [-0.3, -0.25) is 9.78 Å². The minimum atomic E-state index is -0.451. The largest absolute Gasteiger partial charge is 0.465 e. The Labute approximate surface area is 234 Å². The molecule has 2 aromatic heterocycles. The smallest absolute Gasteiger partial charge is 0.316 e. The van der Waals surface area contributed by atoms with Crippen molar-refractivity contribution in [3.8, 4) is 33.7 Å². The predicted octanol–water partition coefficient (Wildman–Crippen LogP) is 7.87. The van der Waals surface area contributed by atoms with Gasteiger partial charge < -0.3 is 9.26 Å². The lowest BCUT2D eigenvalue weighted by molar-refractivity contribution is -0.146. The van der Waals surface area contributed by atoms with Gasteiger partial charge in [0.1, 0.15) is 0 Å². The van der Waals surface area contributed by atoms with Gasteiger partial charge in [0.15, 0.2) is 5.76 Å². The fraction of sp³-hybridized carbons (Fsp3) is 0.229. The molecule has 2 heterocycles. The summed E-state index contributed by atoms with van der Waals surface area (Å²) in [5, 5.41) is 4.29. The minimum absolute atomic E-state index is 0.109. The van der Waals surface area contributed by atoms with Crippen LogP contribution in [0.1, 0.15) is 47.8 Å². The summed E-state index contributed by atoms with van der Waals surface area (Å²) < 4.78 is 11.1. The fourth-order valence-electron chi connectivity index (χ4n) is 5.39. The molecule has 3 aromatic carbocycles. The number of rotatable bonds is 8. The molecule has 5 heteroatoms. The maximum atomic E-state index is 12.5. The van der Waals surface area contributed by atoms with E-state index < -0.39 is 5.41 Å². The van der Waals surface area contributed by atoms with Gasteiger partial charge in [-0.2, -0.15) is 0 Å². The molecule has 0 N–H and O–H groups in total. The number of hydrogen-bond donors (Lipinski definition) is 0. The zero-order valence-corrected chi connectivity index (χ0v) is 23.1. The van der Waals surface area contributed by atoms with E-state index in [4.69, 9.17) is 14.2 Å². The summed E-state index contributed by atoms with van der Waals surface area (Å²) >= 11 is 0. The standard InChI is InChI=1S/C35H32N2O3/c1-4-39-34(38)35(20-21-35)28-18-16-26(17-19-28)25-12-14-27(15-13-25)33-31(24(3)37-40-33)22-29-9-7-11-32(36-29)30-10-6-5-8-23(30)2/h5-19H,4,20-22H2,1-3H3. The number of hydrogen-bond acceptors (Lipinski definition) is 5. The van der Waals surface area contributed by atoms with E-state index in [1.807, 2.05) is 26.0 Å². The Bertz CT molecular complexity index is 1660. The van der Waals surface area contributed by atoms with Gasteiger partial charge in [0.05, 0.1) is 23.4 Å². The van der Waals surface area contributed by atoms with Gasteiger partial charge >= 0.3 is 5.97 Å². The molecule has 5 nitrogen and oxygen atoms in total. The third-order valence-corrected chi connectivity index (χ3v) is 7.90. The topological polar surface area (TPSA) is 65.2 Å². The lowest BCUT2D eigenvalue weighted by atomic mass is 9.93. The zero-order valence-electron chi connectivity index (χ0n) is 23.1. The highest BCUT2D eigenvalue weighted by molar-refractivity contribution is 5.87. The van der Waals surface area contributed by atoms with E-state index in [1.165, 1.54) is 5.56 Å². The molecule has 200 valence electrons. The van der Waals surface area contributed by atoms with Gasteiger partial charge in [-0.1, -0.05) is 84.0 Å². The minimum Gasteiger partial charge on any atom is -0.465 e. The highest BCUT2D eigenvalue weighted by Gasteiger charge is 2.52. The average molecular weight is 529 g/mol. The van der Waals surface area contributed by atoms with Crippen molar-refractivity contribution in [2.45, 2.75) is 45.4 Å². The number of esters is 1. The molecule has 0 radical (unpaired) electrons. The number of aryl methyl sites for hydroxylation is 2. The Balaban J connectivity index is 1.22. The molecule has 0 atom stereocenters. The molecule has 0 aliphatic heterocycles. The van der Waals surface area contributed by atoms with Crippen LogP contribution < -0.4 is 0 Å². The Morgan fingerprint density at radius 2 is 1.52 bits per heavy atom. The van der Waals surface area contributed by atoms with Crippen LogP contribution in [0, 0.1) is 13.8 Å². The van der Waals surface area contributed by atoms with E-state index in [2.05, 4.69) is 90.9 Å². The Morgan fingerprint density at radius 3 is 2.20 bits per heavy atom. The summed E-state index contributed by atoms with van der Waals surface area (Å²) in [7, 11) is 0. The van der Waals surface area contributed by atoms with E-state index >= 15 is 0 Å². The van der Waals surface area contributed by atoms with Gasteiger partial charge in [0.25, 0.3) is 0 Å². The first-order valence-electron chi connectivity index (χ1n) is 13.8. The number of benzene rings is 3. The molecule has 5 aromatic rings. The first-order valence-corrected chi connectivity index (χ1v) is 13.8. The van der Waals surface area contributed by atoms with Crippen molar-refractivity contribution in [2.75, 3.05) is 6.61 Å². The van der Waals surface area contributed by atoms with Gasteiger partial charge in [-0.25, -0.2) is 0 Å². The van der Waals surface area contributed by atoms with Crippen molar-refractivity contribution in [3.63, 3.8) is 0 Å². The summed E-state index contributed by atoms with van der Waals surface area (Å²) in [6, 6.07) is 31.1. The van der Waals surface area contributed by atoms with Crippen molar-refractivity contribution in [1.82, 2.24) is 10.1 Å². The van der Waals surface area contributed by atoms with Crippen LogP contribution in [-0.2, 0) is 21.4 Å². The molecule has 1 aliphatic carbocycles. The summed E-state index contributed by atoms with van der Waals surface area (Å²) in [6.07, 6.45) is 2.34. The van der Waals surface area contributed by atoms with Crippen LogP contribution in [0.3, 0.4) is 0 Å². The molecule has 6 rings (SSSR count). The molecular formula is C35H32N2O3. The van der Waals surface area contributed by atoms with Crippen LogP contribution in [0.15, 0.2) is 95.5 Å². The molecule has 0 spiro atoms. The molecule has 0 saturated heterocycles. The molecule has 0 amide bonds. The maximum Gasteiger partial charge on any atom is 0.316 e. The highest BCUT2D eigenvalue weighted by atomic mass is 16.5. The van der Waals surface area contributed by atoms with Gasteiger partial charge in [-0.15, -0.1) is 0 Å². The molecule has 40 heavy (non-hydrogen) atoms. The summed E-state index contributed by atoms with van der Waals surface area (Å²) in [4.78, 5) is 17.4. The number of ether oxygens (including phenoxy) is 1. The highest BCUT2D eigenvalue weighted by Crippen LogP contribution is 2.49. The van der Waals surface area contributed by atoms with E-state index in [0.29, 0.717) is 13.0 Å². The zero-order chi connectivity index (χ0) is 27.7. The number of carbonyl (C=O) groups is 1. The van der Waals surface area contributed by atoms with Gasteiger partial charge in [-0.05, 0) is 68.0 Å². The van der Waals surface area contributed by atoms with E-state index in [1.54, 1.807) is 0 Å². The van der Waals surface area contributed by atoms with Crippen LogP contribution in [0.5, 0.6) is 0 Å². The number of aromatic nitrogens is 2. The molecule has 0 bridgehead atoms. The first-order chi connectivity index (χ1) is 19.5. The van der Waals surface area contributed by atoms with Gasteiger partial charge in [0.2, 0.25) is 0 Å². The summed E-state index contributed by atoms with van der Waals surface area (Å²) in [5.74, 6) is 0.662. The van der Waals surface area contributed by atoms with E-state index in [-0.39, 0.29) is 5.97 Å². The van der Waals surface area contributed by atoms with Crippen LogP contribution in [0.4, 0.5) is 0 Å². The predicted molar refractivity (Wildman–Crippen MR) is 157 cm³/mol. The van der Waals surface area contributed by atoms with Crippen LogP contribution in [0.25, 0.3) is 33.7 Å². The second-order valence-electron chi connectivity index (χ2n) is 10.5. The van der Waals surface area contributed by atoms with E-state index in [0.717, 1.165) is 69.1 Å². The number of nitrogens with zero attached hydrogens (tertiary/aromatic N) is 2. The first kappa shape index (κ1) is 25.8. The fourth-order valence-corrected chi connectivity index (χ4v) is 5.39. The van der Waals surface area contributed by atoms with E-state index in [9.17, 15) is 4.79 Å². The van der Waals surface area contributed by atoms with Gasteiger partial charge in [0, 0.05) is 28.8 Å². The third kappa shape index (κ3) is 4.84. The van der Waals surface area contributed by atoms with Crippen molar-refractivity contribution >= 4 is 5.97 Å². The number of pyridine rings is 1. The summed E-state index contributed by atoms with van der Waals surface area (Å²) in [5.41, 5.74) is 9.96. The third-order valence-electron chi connectivity index (χ3n) is 7.90. The Hall–Kier alpha value is -4.51. The molecule has 1 aliphatic rings. The lowest BCUT2D eigenvalue weighted by Gasteiger charge is -2.14. The Kier molecular flexibility index (Phi) is 6.81. The van der Waals surface area contributed by atoms with Crippen LogP contribution >= 0.6 is 0 Å². The van der Waals surface area contributed by atoms with Crippen molar-refractivity contribution in [1.29, 1.82) is 0 Å². The molecule has 0 unspecified atom stereocenters. The molecular weight excluding hydrogens is 496 g/mol. The second-order valence-corrected chi connectivity index (χ2v) is 10.5. The monoisotopic (exact) mass is 528 g/mol. The van der Waals surface area contributed by atoms with Crippen molar-refractivity contribution < 1.29 is 14.1 Å². The maximum absolute atomic E-state index is 12.5. The van der Waals surface area contributed by atoms with Crippen LogP contribution in [-0.4, -0.2) is 22.7 Å². The lowest BCUT2D eigenvalue weighted by Crippen LogP contribution is -2.23. The quantitative estimate of drug-likeness (QED) is 0.192. The Morgan fingerprint density at radius 1 is 0.850 bits per heavy atom. The van der Waals surface area contributed by atoms with Crippen molar-refractivity contribution in [2.24, 2.45) is 0 Å². The molecule has 1 fully saturated rings. The normalized spacial score (nSPS) is 13.7.